The molecule has 1 nitrogen and oxygen atoms in total. The first-order chi connectivity index (χ1) is 3.93. The number of rotatable bonds is 1. The van der Waals surface area contributed by atoms with Gasteiger partial charge >= 0.3 is 0 Å². The zero-order chi connectivity index (χ0) is 5.82. The molecule has 1 heteroatoms. The highest BCUT2D eigenvalue weighted by Gasteiger charge is 2.00. The number of hydrogen-bond donors (Lipinski definition) is 0. The quantitative estimate of drug-likeness (QED) is 0.487. The van der Waals surface area contributed by atoms with E-state index >= 15 is 0 Å². The van der Waals surface area contributed by atoms with Crippen molar-refractivity contribution >= 4 is 6.21 Å². The molecule has 0 saturated carbocycles. The predicted octanol–water partition coefficient (Wildman–Crippen LogP) is 1.80. The third-order valence-electron chi connectivity index (χ3n) is 1.40. The third-order valence-corrected chi connectivity index (χ3v) is 1.40. The molecule has 1 atom stereocenters. The Balaban J connectivity index is 2.40. The van der Waals surface area contributed by atoms with Crippen LogP contribution in [0.15, 0.2) is 17.1 Å². The summed E-state index contributed by atoms with van der Waals surface area (Å²) < 4.78 is 0. The Bertz CT molecular complexity index is 114. The van der Waals surface area contributed by atoms with Gasteiger partial charge in [-0.05, 0) is 18.9 Å². The molecular formula is C7H11N. The van der Waals surface area contributed by atoms with Crippen LogP contribution in [-0.2, 0) is 0 Å². The fourth-order valence-electron chi connectivity index (χ4n) is 0.801. The van der Waals surface area contributed by atoms with Gasteiger partial charge in [0.2, 0.25) is 0 Å². The molecule has 0 N–H and O–H groups in total. The van der Waals surface area contributed by atoms with Crippen LogP contribution in [0, 0.1) is 0 Å². The Kier molecular flexibility index (Phi) is 1.84. The molecule has 0 aromatic heterocycles. The molecule has 0 saturated heterocycles. The molecule has 8 heavy (non-hydrogen) atoms. The van der Waals surface area contributed by atoms with Gasteiger partial charge in [-0.1, -0.05) is 13.0 Å². The summed E-state index contributed by atoms with van der Waals surface area (Å²) in [4.78, 5) is 4.24. The molecule has 1 rings (SSSR count). The zero-order valence-electron chi connectivity index (χ0n) is 5.17. The van der Waals surface area contributed by atoms with Crippen LogP contribution in [0.3, 0.4) is 0 Å². The molecule has 44 valence electrons. The highest BCUT2D eigenvalue weighted by atomic mass is 14.8. The summed E-state index contributed by atoms with van der Waals surface area (Å²) in [6.45, 7) is 2.17. The van der Waals surface area contributed by atoms with Crippen LogP contribution in [-0.4, -0.2) is 12.3 Å². The van der Waals surface area contributed by atoms with Crippen molar-refractivity contribution in [3.63, 3.8) is 0 Å². The summed E-state index contributed by atoms with van der Waals surface area (Å²) in [5.74, 6) is 0. The highest BCUT2D eigenvalue weighted by Crippen LogP contribution is 2.05. The first-order valence-electron chi connectivity index (χ1n) is 3.11. The first kappa shape index (κ1) is 5.54. The van der Waals surface area contributed by atoms with Gasteiger partial charge in [0.15, 0.2) is 0 Å². The Morgan fingerprint density at radius 1 is 1.75 bits per heavy atom. The third kappa shape index (κ3) is 1.19. The van der Waals surface area contributed by atoms with Crippen LogP contribution >= 0.6 is 0 Å². The summed E-state index contributed by atoms with van der Waals surface area (Å²) in [6.07, 6.45) is 8.36. The molecule has 1 aliphatic heterocycles. The van der Waals surface area contributed by atoms with Crippen LogP contribution in [0.5, 0.6) is 0 Å². The maximum absolute atomic E-state index is 4.24. The summed E-state index contributed by atoms with van der Waals surface area (Å²) in [5, 5.41) is 0. The fraction of sp³-hybridized carbons (Fsp3) is 0.571. The van der Waals surface area contributed by atoms with E-state index in [0.717, 1.165) is 6.42 Å². The van der Waals surface area contributed by atoms with E-state index in [1.807, 2.05) is 12.3 Å². The largest absolute Gasteiger partial charge is 0.290 e. The van der Waals surface area contributed by atoms with E-state index in [9.17, 15) is 0 Å². The Morgan fingerprint density at radius 2 is 2.62 bits per heavy atom. The van der Waals surface area contributed by atoms with E-state index in [4.69, 9.17) is 0 Å². The van der Waals surface area contributed by atoms with Crippen molar-refractivity contribution < 1.29 is 0 Å². The molecule has 1 aliphatic rings. The molecule has 0 aromatic rings. The Labute approximate surface area is 50.1 Å². The number of allylic oxidation sites excluding steroid dienone is 1. The summed E-state index contributed by atoms with van der Waals surface area (Å²) in [7, 11) is 0. The van der Waals surface area contributed by atoms with Gasteiger partial charge < -0.3 is 0 Å². The smallest absolute Gasteiger partial charge is 0.0531 e. The van der Waals surface area contributed by atoms with Crippen molar-refractivity contribution in [3.05, 3.63) is 12.2 Å². The molecule has 0 radical (unpaired) electrons. The van der Waals surface area contributed by atoms with Gasteiger partial charge in [0.1, 0.15) is 0 Å². The summed E-state index contributed by atoms with van der Waals surface area (Å²) in [5.41, 5.74) is 0. The molecule has 0 fully saturated rings. The average Bonchev–Trinajstić information content (AvgIpc) is 1.90. The van der Waals surface area contributed by atoms with Crippen molar-refractivity contribution in [2.75, 3.05) is 0 Å². The number of nitrogens with zero attached hydrogens (tertiary/aromatic N) is 1. The van der Waals surface area contributed by atoms with Gasteiger partial charge in [0.25, 0.3) is 0 Å². The molecule has 1 heterocycles. The minimum Gasteiger partial charge on any atom is -0.290 e. The van der Waals surface area contributed by atoms with Crippen LogP contribution in [0.4, 0.5) is 0 Å². The predicted molar refractivity (Wildman–Crippen MR) is 36.3 cm³/mol. The van der Waals surface area contributed by atoms with E-state index < -0.39 is 0 Å². The lowest BCUT2D eigenvalue weighted by Crippen LogP contribution is -2.02. The molecule has 0 amide bonds. The normalized spacial score (nSPS) is 26.4. The Hall–Kier alpha value is -0.590. The standard InChI is InChI=1S/C7H11N/c1-2-7-5-3-4-6-8-7/h3-4,6-7H,2,5H2,1H3/t7-/m1/s1. The summed E-state index contributed by atoms with van der Waals surface area (Å²) >= 11 is 0. The van der Waals surface area contributed by atoms with Crippen molar-refractivity contribution in [2.45, 2.75) is 25.8 Å². The molecule has 0 spiro atoms. The lowest BCUT2D eigenvalue weighted by atomic mass is 10.1. The number of dihydropyridines is 1. The first-order valence-corrected chi connectivity index (χ1v) is 3.11. The van der Waals surface area contributed by atoms with Crippen molar-refractivity contribution in [1.29, 1.82) is 0 Å². The highest BCUT2D eigenvalue weighted by molar-refractivity contribution is 5.72. The fourth-order valence-corrected chi connectivity index (χ4v) is 0.801. The maximum Gasteiger partial charge on any atom is 0.0531 e. The van der Waals surface area contributed by atoms with Crippen molar-refractivity contribution in [3.8, 4) is 0 Å². The van der Waals surface area contributed by atoms with Gasteiger partial charge in [-0.25, -0.2) is 0 Å². The molecule has 0 bridgehead atoms. The zero-order valence-corrected chi connectivity index (χ0v) is 5.17. The van der Waals surface area contributed by atoms with Gasteiger partial charge in [-0.15, -0.1) is 0 Å². The van der Waals surface area contributed by atoms with Gasteiger partial charge in [-0.3, -0.25) is 4.99 Å². The second-order valence-electron chi connectivity index (χ2n) is 2.02. The van der Waals surface area contributed by atoms with Gasteiger partial charge in [0.05, 0.1) is 6.04 Å². The van der Waals surface area contributed by atoms with E-state index in [2.05, 4.69) is 18.0 Å². The molecule has 0 unspecified atom stereocenters. The molecular weight excluding hydrogens is 98.1 g/mol. The number of hydrogen-bond acceptors (Lipinski definition) is 1. The topological polar surface area (TPSA) is 12.4 Å². The van der Waals surface area contributed by atoms with Crippen LogP contribution in [0.25, 0.3) is 0 Å². The van der Waals surface area contributed by atoms with Crippen LogP contribution in [0.2, 0.25) is 0 Å². The van der Waals surface area contributed by atoms with E-state index in [0.29, 0.717) is 6.04 Å². The second-order valence-corrected chi connectivity index (χ2v) is 2.02. The van der Waals surface area contributed by atoms with Crippen LogP contribution < -0.4 is 0 Å². The minimum absolute atomic E-state index is 0.569. The average molecular weight is 109 g/mol. The lowest BCUT2D eigenvalue weighted by Gasteiger charge is -2.07. The second kappa shape index (κ2) is 2.65. The van der Waals surface area contributed by atoms with Gasteiger partial charge in [-0.2, -0.15) is 0 Å². The SMILES string of the molecule is CC[C@@H]1CC=CC=N1. The summed E-state index contributed by atoms with van der Waals surface area (Å²) in [6, 6.07) is 0.569. The van der Waals surface area contributed by atoms with Crippen molar-refractivity contribution in [1.82, 2.24) is 0 Å². The lowest BCUT2D eigenvalue weighted by molar-refractivity contribution is 0.660. The van der Waals surface area contributed by atoms with E-state index in [1.54, 1.807) is 0 Å². The molecule has 0 aliphatic carbocycles. The number of aliphatic imine (C=N–C) groups is 1. The maximum atomic E-state index is 4.24. The van der Waals surface area contributed by atoms with E-state index in [-0.39, 0.29) is 0 Å². The van der Waals surface area contributed by atoms with Gasteiger partial charge in [0, 0.05) is 6.21 Å². The monoisotopic (exact) mass is 109 g/mol. The van der Waals surface area contributed by atoms with E-state index in [1.165, 1.54) is 6.42 Å². The Morgan fingerprint density at radius 3 is 3.00 bits per heavy atom. The van der Waals surface area contributed by atoms with Crippen molar-refractivity contribution in [2.24, 2.45) is 4.99 Å². The molecule has 0 aromatic carbocycles. The minimum atomic E-state index is 0.569. The van der Waals surface area contributed by atoms with Crippen LogP contribution in [0.1, 0.15) is 19.8 Å².